The van der Waals surface area contributed by atoms with Crippen molar-refractivity contribution in [2.45, 2.75) is 57.5 Å². The van der Waals surface area contributed by atoms with Crippen LogP contribution in [0.5, 0.6) is 0 Å². The number of amides is 1. The summed E-state index contributed by atoms with van der Waals surface area (Å²) in [6, 6.07) is 7.46. The Morgan fingerprint density at radius 3 is 2.37 bits per heavy atom. The highest BCUT2D eigenvalue weighted by molar-refractivity contribution is 6.30. The van der Waals surface area contributed by atoms with Crippen LogP contribution in [-0.2, 0) is 14.3 Å². The number of carbonyl (C=O) groups is 2. The lowest BCUT2D eigenvalue weighted by molar-refractivity contribution is -0.150. The molecule has 6 heteroatoms. The van der Waals surface area contributed by atoms with E-state index in [9.17, 15) is 9.59 Å². The summed E-state index contributed by atoms with van der Waals surface area (Å²) >= 11 is 6.04. The number of likely N-dealkylation sites (tertiary alicyclic amines) is 1. The van der Waals surface area contributed by atoms with Gasteiger partial charge in [0.15, 0.2) is 0 Å². The quantitative estimate of drug-likeness (QED) is 0.749. The SMILES string of the molecule is CCOC(=O)C1CCN([C@H](C(=O)NC2CCCC2)c2ccc(Cl)cc2)CC1. The summed E-state index contributed by atoms with van der Waals surface area (Å²) in [5, 5.41) is 3.90. The number of rotatable bonds is 6. The van der Waals surface area contributed by atoms with Crippen LogP contribution in [0.2, 0.25) is 5.02 Å². The highest BCUT2D eigenvalue weighted by Crippen LogP contribution is 2.29. The lowest BCUT2D eigenvalue weighted by atomic mass is 9.93. The van der Waals surface area contributed by atoms with Crippen LogP contribution in [0.4, 0.5) is 0 Å². The standard InChI is InChI=1S/C21H29ClN2O3/c1-2-27-21(26)16-11-13-24(14-12-16)19(15-7-9-17(22)10-8-15)20(25)23-18-5-3-4-6-18/h7-10,16,18-19H,2-6,11-14H2,1H3,(H,23,25)/t19-/m0/s1. The molecule has 1 aliphatic carbocycles. The van der Waals surface area contributed by atoms with Crippen LogP contribution in [0, 0.1) is 5.92 Å². The average molecular weight is 393 g/mol. The first-order valence-corrected chi connectivity index (χ1v) is 10.4. The van der Waals surface area contributed by atoms with Crippen molar-refractivity contribution in [3.63, 3.8) is 0 Å². The number of hydrogen-bond acceptors (Lipinski definition) is 4. The van der Waals surface area contributed by atoms with E-state index in [2.05, 4.69) is 10.2 Å². The summed E-state index contributed by atoms with van der Waals surface area (Å²) in [5.74, 6) is -0.126. The van der Waals surface area contributed by atoms with E-state index in [0.29, 0.717) is 24.7 Å². The van der Waals surface area contributed by atoms with E-state index in [0.717, 1.165) is 31.2 Å². The molecule has 0 unspecified atom stereocenters. The fraction of sp³-hybridized carbons (Fsp3) is 0.619. The van der Waals surface area contributed by atoms with E-state index < -0.39 is 0 Å². The van der Waals surface area contributed by atoms with Crippen molar-refractivity contribution in [1.29, 1.82) is 0 Å². The highest BCUT2D eigenvalue weighted by atomic mass is 35.5. The van der Waals surface area contributed by atoms with Crippen molar-refractivity contribution in [2.75, 3.05) is 19.7 Å². The number of hydrogen-bond donors (Lipinski definition) is 1. The lowest BCUT2D eigenvalue weighted by Crippen LogP contribution is -2.47. The molecule has 0 radical (unpaired) electrons. The molecule has 0 aromatic heterocycles. The van der Waals surface area contributed by atoms with Gasteiger partial charge in [0.25, 0.3) is 0 Å². The summed E-state index contributed by atoms with van der Waals surface area (Å²) in [6.07, 6.45) is 5.93. The number of nitrogens with one attached hydrogen (secondary N) is 1. The van der Waals surface area contributed by atoms with Crippen molar-refractivity contribution in [1.82, 2.24) is 10.2 Å². The molecule has 27 heavy (non-hydrogen) atoms. The van der Waals surface area contributed by atoms with Crippen molar-refractivity contribution in [3.8, 4) is 0 Å². The Morgan fingerprint density at radius 1 is 1.15 bits per heavy atom. The molecule has 0 spiro atoms. The fourth-order valence-corrected chi connectivity index (χ4v) is 4.30. The van der Waals surface area contributed by atoms with E-state index in [1.165, 1.54) is 12.8 Å². The van der Waals surface area contributed by atoms with Gasteiger partial charge >= 0.3 is 5.97 Å². The van der Waals surface area contributed by atoms with E-state index >= 15 is 0 Å². The molecule has 2 aliphatic rings. The third-order valence-electron chi connectivity index (χ3n) is 5.65. The van der Waals surface area contributed by atoms with Crippen LogP contribution >= 0.6 is 11.6 Å². The zero-order chi connectivity index (χ0) is 19.2. The molecule has 1 amide bonds. The zero-order valence-corrected chi connectivity index (χ0v) is 16.7. The highest BCUT2D eigenvalue weighted by Gasteiger charge is 2.34. The van der Waals surface area contributed by atoms with Crippen molar-refractivity contribution < 1.29 is 14.3 Å². The largest absolute Gasteiger partial charge is 0.466 e. The van der Waals surface area contributed by atoms with Gasteiger partial charge in [0.2, 0.25) is 5.91 Å². The molecule has 1 heterocycles. The van der Waals surface area contributed by atoms with E-state index in [4.69, 9.17) is 16.3 Å². The average Bonchev–Trinajstić information content (AvgIpc) is 3.17. The topological polar surface area (TPSA) is 58.6 Å². The van der Waals surface area contributed by atoms with Gasteiger partial charge in [0, 0.05) is 24.2 Å². The monoisotopic (exact) mass is 392 g/mol. The minimum Gasteiger partial charge on any atom is -0.466 e. The first-order chi connectivity index (χ1) is 13.1. The Balaban J connectivity index is 1.71. The Kier molecular flexibility index (Phi) is 7.13. The van der Waals surface area contributed by atoms with E-state index in [-0.39, 0.29) is 29.9 Å². The van der Waals surface area contributed by atoms with Crippen molar-refractivity contribution >= 4 is 23.5 Å². The molecule has 5 nitrogen and oxygen atoms in total. The minimum atomic E-state index is -0.342. The molecular weight excluding hydrogens is 364 g/mol. The number of ether oxygens (including phenoxy) is 1. The van der Waals surface area contributed by atoms with Gasteiger partial charge in [0.1, 0.15) is 6.04 Å². The van der Waals surface area contributed by atoms with Crippen LogP contribution in [-0.4, -0.2) is 42.5 Å². The maximum atomic E-state index is 13.1. The molecule has 148 valence electrons. The number of halogens is 1. The van der Waals surface area contributed by atoms with Gasteiger partial charge in [-0.1, -0.05) is 36.6 Å². The second kappa shape index (κ2) is 9.56. The second-order valence-electron chi connectivity index (χ2n) is 7.51. The van der Waals surface area contributed by atoms with Crippen molar-refractivity contribution in [2.24, 2.45) is 5.92 Å². The Hall–Kier alpha value is -1.59. The molecule has 2 fully saturated rings. The van der Waals surface area contributed by atoms with Crippen LogP contribution in [0.1, 0.15) is 57.1 Å². The van der Waals surface area contributed by atoms with Gasteiger partial charge in [-0.2, -0.15) is 0 Å². The van der Waals surface area contributed by atoms with Gasteiger partial charge in [-0.05, 0) is 50.3 Å². The van der Waals surface area contributed by atoms with Gasteiger partial charge in [-0.25, -0.2) is 0 Å². The number of carbonyl (C=O) groups excluding carboxylic acids is 2. The Morgan fingerprint density at radius 2 is 1.78 bits per heavy atom. The van der Waals surface area contributed by atoms with E-state index in [1.807, 2.05) is 31.2 Å². The summed E-state index contributed by atoms with van der Waals surface area (Å²) in [7, 11) is 0. The first-order valence-electron chi connectivity index (χ1n) is 10.0. The van der Waals surface area contributed by atoms with Gasteiger partial charge in [-0.3, -0.25) is 14.5 Å². The second-order valence-corrected chi connectivity index (χ2v) is 7.94. The first kappa shape index (κ1) is 20.2. The van der Waals surface area contributed by atoms with Crippen LogP contribution < -0.4 is 5.32 Å². The van der Waals surface area contributed by atoms with Gasteiger partial charge in [-0.15, -0.1) is 0 Å². The maximum Gasteiger partial charge on any atom is 0.309 e. The summed E-state index contributed by atoms with van der Waals surface area (Å²) < 4.78 is 5.16. The predicted molar refractivity (Wildman–Crippen MR) is 106 cm³/mol. The third kappa shape index (κ3) is 5.23. The summed E-state index contributed by atoms with van der Waals surface area (Å²) in [6.45, 7) is 3.65. The number of piperidine rings is 1. The predicted octanol–water partition coefficient (Wildman–Crippen LogP) is 3.72. The molecular formula is C21H29ClN2O3. The maximum absolute atomic E-state index is 13.1. The number of nitrogens with zero attached hydrogens (tertiary/aromatic N) is 1. The molecule has 1 aliphatic heterocycles. The van der Waals surface area contributed by atoms with Crippen LogP contribution in [0.15, 0.2) is 24.3 Å². The van der Waals surface area contributed by atoms with Crippen LogP contribution in [0.3, 0.4) is 0 Å². The number of benzene rings is 1. The molecule has 1 saturated heterocycles. The molecule has 3 rings (SSSR count). The molecule has 0 bridgehead atoms. The molecule has 1 atom stereocenters. The summed E-state index contributed by atoms with van der Waals surface area (Å²) in [5.41, 5.74) is 0.949. The van der Waals surface area contributed by atoms with Gasteiger partial charge < -0.3 is 10.1 Å². The third-order valence-corrected chi connectivity index (χ3v) is 5.90. The van der Waals surface area contributed by atoms with Gasteiger partial charge in [0.05, 0.1) is 12.5 Å². The van der Waals surface area contributed by atoms with E-state index in [1.54, 1.807) is 0 Å². The molecule has 1 saturated carbocycles. The Bertz CT molecular complexity index is 635. The summed E-state index contributed by atoms with van der Waals surface area (Å²) in [4.78, 5) is 27.3. The lowest BCUT2D eigenvalue weighted by Gasteiger charge is -2.36. The molecule has 1 aromatic rings. The smallest absolute Gasteiger partial charge is 0.309 e. The van der Waals surface area contributed by atoms with Crippen molar-refractivity contribution in [3.05, 3.63) is 34.9 Å². The molecule has 1 aromatic carbocycles. The normalized spacial score (nSPS) is 20.4. The zero-order valence-electron chi connectivity index (χ0n) is 16.0. The fourth-order valence-electron chi connectivity index (χ4n) is 4.18. The Labute approximate surface area is 166 Å². The van der Waals surface area contributed by atoms with Crippen LogP contribution in [0.25, 0.3) is 0 Å². The number of esters is 1. The minimum absolute atomic E-state index is 0.0545. The molecule has 1 N–H and O–H groups in total.